The molecule has 64 valence electrons. The third-order valence-electron chi connectivity index (χ3n) is 1.60. The quantitative estimate of drug-likeness (QED) is 0.651. The third-order valence-corrected chi connectivity index (χ3v) is 1.60. The number of hydrogen-bond acceptors (Lipinski definition) is 2. The summed E-state index contributed by atoms with van der Waals surface area (Å²) in [5, 5.41) is 8.76. The number of nitrogen functional groups attached to an aromatic ring is 1. The number of nitrogens with two attached hydrogens (primary N) is 1. The van der Waals surface area contributed by atoms with E-state index in [0.29, 0.717) is 0 Å². The molecular weight excluding hydrogens is 150 g/mol. The molecule has 0 unspecified atom stereocenters. The highest BCUT2D eigenvalue weighted by Gasteiger charge is 1.89. The zero-order chi connectivity index (χ0) is 8.97. The predicted octanol–water partition coefficient (Wildman–Crippen LogP) is 1.66. The van der Waals surface area contributed by atoms with E-state index in [-0.39, 0.29) is 6.61 Å². The molecule has 0 aromatic heterocycles. The van der Waals surface area contributed by atoms with Crippen LogP contribution in [0.2, 0.25) is 0 Å². The molecule has 0 amide bonds. The van der Waals surface area contributed by atoms with E-state index in [9.17, 15) is 0 Å². The summed E-state index contributed by atoms with van der Waals surface area (Å²) in [4.78, 5) is 0. The van der Waals surface area contributed by atoms with E-state index in [4.69, 9.17) is 10.8 Å². The van der Waals surface area contributed by atoms with Gasteiger partial charge in [0.1, 0.15) is 0 Å². The largest absolute Gasteiger partial charge is 0.399 e. The number of benzene rings is 1. The van der Waals surface area contributed by atoms with Gasteiger partial charge in [0.15, 0.2) is 0 Å². The van der Waals surface area contributed by atoms with Crippen LogP contribution in [-0.4, -0.2) is 11.7 Å². The maximum absolute atomic E-state index is 8.76. The fraction of sp³-hybridized carbons (Fsp3) is 0.200. The molecule has 0 aliphatic rings. The average Bonchev–Trinajstić information content (AvgIpc) is 2.09. The molecule has 1 aromatic carbocycles. The summed E-state index contributed by atoms with van der Waals surface area (Å²) in [6.07, 6.45) is 1.93. The Hall–Kier alpha value is -1.28. The minimum absolute atomic E-state index is 0.102. The van der Waals surface area contributed by atoms with Gasteiger partial charge in [0.05, 0.1) is 6.61 Å². The van der Waals surface area contributed by atoms with E-state index in [1.54, 1.807) is 0 Å². The number of aliphatic hydroxyl groups excluding tert-OH is 1. The SMILES string of the molecule is C/C(=C/c1ccc(N)cc1)CO. The standard InChI is InChI=1S/C10H13NO/c1-8(7-12)6-9-2-4-10(11)5-3-9/h2-6,12H,7,11H2,1H3/b8-6-. The number of rotatable bonds is 2. The Labute approximate surface area is 72.3 Å². The Morgan fingerprint density at radius 1 is 1.42 bits per heavy atom. The molecule has 0 atom stereocenters. The van der Waals surface area contributed by atoms with Crippen LogP contribution in [0.25, 0.3) is 6.08 Å². The Morgan fingerprint density at radius 2 is 2.00 bits per heavy atom. The highest BCUT2D eigenvalue weighted by Crippen LogP contribution is 2.09. The first-order chi connectivity index (χ1) is 5.72. The Bertz CT molecular complexity index is 274. The third kappa shape index (κ3) is 2.40. The van der Waals surface area contributed by atoms with Crippen LogP contribution in [-0.2, 0) is 0 Å². The highest BCUT2D eigenvalue weighted by atomic mass is 16.3. The van der Waals surface area contributed by atoms with Crippen LogP contribution in [0.1, 0.15) is 12.5 Å². The van der Waals surface area contributed by atoms with Gasteiger partial charge in [-0.15, -0.1) is 0 Å². The van der Waals surface area contributed by atoms with Crippen molar-refractivity contribution in [3.63, 3.8) is 0 Å². The van der Waals surface area contributed by atoms with E-state index < -0.39 is 0 Å². The normalized spacial score (nSPS) is 11.7. The molecule has 0 radical (unpaired) electrons. The lowest BCUT2D eigenvalue weighted by Gasteiger charge is -1.97. The summed E-state index contributed by atoms with van der Waals surface area (Å²) in [5.41, 5.74) is 8.29. The van der Waals surface area contributed by atoms with E-state index in [1.807, 2.05) is 37.3 Å². The first kappa shape index (κ1) is 8.81. The topological polar surface area (TPSA) is 46.2 Å². The van der Waals surface area contributed by atoms with Crippen LogP contribution in [0, 0.1) is 0 Å². The van der Waals surface area contributed by atoms with Gasteiger partial charge in [-0.25, -0.2) is 0 Å². The maximum atomic E-state index is 8.76. The van der Waals surface area contributed by atoms with Crippen LogP contribution < -0.4 is 5.73 Å². The Kier molecular flexibility index (Phi) is 2.88. The van der Waals surface area contributed by atoms with E-state index in [0.717, 1.165) is 16.8 Å². The van der Waals surface area contributed by atoms with E-state index in [1.165, 1.54) is 0 Å². The molecule has 0 aliphatic heterocycles. The summed E-state index contributed by atoms with van der Waals surface area (Å²) < 4.78 is 0. The van der Waals surface area contributed by atoms with Gasteiger partial charge in [-0.1, -0.05) is 18.2 Å². The minimum Gasteiger partial charge on any atom is -0.399 e. The summed E-state index contributed by atoms with van der Waals surface area (Å²) in [6.45, 7) is 1.99. The van der Waals surface area contributed by atoms with Crippen molar-refractivity contribution in [2.24, 2.45) is 0 Å². The van der Waals surface area contributed by atoms with Gasteiger partial charge in [0.25, 0.3) is 0 Å². The molecular formula is C10H13NO. The molecule has 0 saturated carbocycles. The van der Waals surface area contributed by atoms with E-state index >= 15 is 0 Å². The summed E-state index contributed by atoms with van der Waals surface area (Å²) in [7, 11) is 0. The molecule has 0 spiro atoms. The molecule has 2 nitrogen and oxygen atoms in total. The number of aliphatic hydroxyl groups is 1. The van der Waals surface area contributed by atoms with Gasteiger partial charge < -0.3 is 10.8 Å². The maximum Gasteiger partial charge on any atom is 0.0642 e. The molecule has 0 fully saturated rings. The van der Waals surface area contributed by atoms with Crippen molar-refractivity contribution in [1.82, 2.24) is 0 Å². The van der Waals surface area contributed by atoms with Gasteiger partial charge in [-0.2, -0.15) is 0 Å². The fourth-order valence-corrected chi connectivity index (χ4v) is 0.922. The van der Waals surface area contributed by atoms with Gasteiger partial charge in [0, 0.05) is 5.69 Å². The van der Waals surface area contributed by atoms with Crippen molar-refractivity contribution >= 4 is 11.8 Å². The van der Waals surface area contributed by atoms with Crippen LogP contribution in [0.5, 0.6) is 0 Å². The van der Waals surface area contributed by atoms with Crippen molar-refractivity contribution in [2.75, 3.05) is 12.3 Å². The van der Waals surface area contributed by atoms with Gasteiger partial charge >= 0.3 is 0 Å². The zero-order valence-electron chi connectivity index (χ0n) is 7.12. The van der Waals surface area contributed by atoms with Crippen LogP contribution in [0.3, 0.4) is 0 Å². The van der Waals surface area contributed by atoms with Crippen molar-refractivity contribution in [3.8, 4) is 0 Å². The monoisotopic (exact) mass is 163 g/mol. The van der Waals surface area contributed by atoms with Crippen LogP contribution >= 0.6 is 0 Å². The molecule has 1 rings (SSSR count). The molecule has 2 heteroatoms. The number of anilines is 1. The minimum atomic E-state index is 0.102. The molecule has 1 aromatic rings. The second kappa shape index (κ2) is 3.93. The number of hydrogen-bond donors (Lipinski definition) is 2. The van der Waals surface area contributed by atoms with Crippen LogP contribution in [0.4, 0.5) is 5.69 Å². The molecule has 3 N–H and O–H groups in total. The fourth-order valence-electron chi connectivity index (χ4n) is 0.922. The van der Waals surface area contributed by atoms with Crippen molar-refractivity contribution in [2.45, 2.75) is 6.92 Å². The Morgan fingerprint density at radius 3 is 2.50 bits per heavy atom. The highest BCUT2D eigenvalue weighted by molar-refractivity contribution is 5.55. The first-order valence-electron chi connectivity index (χ1n) is 3.86. The average molecular weight is 163 g/mol. The van der Waals surface area contributed by atoms with Gasteiger partial charge in [0.2, 0.25) is 0 Å². The van der Waals surface area contributed by atoms with Gasteiger partial charge in [-0.3, -0.25) is 0 Å². The lowest BCUT2D eigenvalue weighted by molar-refractivity contribution is 0.332. The molecule has 0 aliphatic carbocycles. The zero-order valence-corrected chi connectivity index (χ0v) is 7.12. The summed E-state index contributed by atoms with van der Waals surface area (Å²) >= 11 is 0. The summed E-state index contributed by atoms with van der Waals surface area (Å²) in [5.74, 6) is 0. The lowest BCUT2D eigenvalue weighted by atomic mass is 10.1. The van der Waals surface area contributed by atoms with Crippen LogP contribution in [0.15, 0.2) is 29.8 Å². The Balaban J connectivity index is 2.84. The van der Waals surface area contributed by atoms with Gasteiger partial charge in [-0.05, 0) is 30.2 Å². The molecule has 0 bridgehead atoms. The second-order valence-electron chi connectivity index (χ2n) is 2.82. The van der Waals surface area contributed by atoms with Crippen molar-refractivity contribution < 1.29 is 5.11 Å². The van der Waals surface area contributed by atoms with Crippen molar-refractivity contribution in [1.29, 1.82) is 0 Å². The summed E-state index contributed by atoms with van der Waals surface area (Å²) in [6, 6.07) is 7.54. The smallest absolute Gasteiger partial charge is 0.0642 e. The first-order valence-corrected chi connectivity index (χ1v) is 3.86. The predicted molar refractivity (Wildman–Crippen MR) is 51.6 cm³/mol. The molecule has 0 heterocycles. The molecule has 12 heavy (non-hydrogen) atoms. The van der Waals surface area contributed by atoms with Crippen molar-refractivity contribution in [3.05, 3.63) is 35.4 Å². The lowest BCUT2D eigenvalue weighted by Crippen LogP contribution is -1.85. The molecule has 0 saturated heterocycles. The van der Waals surface area contributed by atoms with E-state index in [2.05, 4.69) is 0 Å². The second-order valence-corrected chi connectivity index (χ2v) is 2.82.